The van der Waals surface area contributed by atoms with Gasteiger partial charge in [-0.05, 0) is 25.5 Å². The molecule has 0 aliphatic rings. The smallest absolute Gasteiger partial charge is 0.268 e. The van der Waals surface area contributed by atoms with Gasteiger partial charge in [0.25, 0.3) is 5.91 Å². The summed E-state index contributed by atoms with van der Waals surface area (Å²) in [5.41, 5.74) is 9.12. The number of hydrogen-bond donors (Lipinski definition) is 2. The molecule has 100 valence electrons. The van der Waals surface area contributed by atoms with Crippen LogP contribution in [0.15, 0.2) is 36.5 Å². The monoisotopic (exact) mass is 257 g/mol. The molecule has 0 saturated carbocycles. The Bertz CT molecular complexity index is 584. The highest BCUT2D eigenvalue weighted by Crippen LogP contribution is 2.15. The van der Waals surface area contributed by atoms with E-state index in [1.807, 2.05) is 45.2 Å². The Balaban J connectivity index is 2.10. The van der Waals surface area contributed by atoms with Crippen LogP contribution in [0.2, 0.25) is 0 Å². The van der Waals surface area contributed by atoms with E-state index in [1.165, 1.54) is 5.56 Å². The summed E-state index contributed by atoms with van der Waals surface area (Å²) in [4.78, 5) is 12.1. The van der Waals surface area contributed by atoms with E-state index in [0.29, 0.717) is 11.4 Å². The van der Waals surface area contributed by atoms with Gasteiger partial charge in [-0.15, -0.1) is 0 Å². The van der Waals surface area contributed by atoms with Gasteiger partial charge in [0.1, 0.15) is 5.69 Å². The maximum atomic E-state index is 12.1. The number of carbonyl (C=O) groups excluding carboxylic acids is 1. The number of amides is 1. The molecule has 1 aromatic carbocycles. The predicted molar refractivity (Wildman–Crippen MR) is 76.9 cm³/mol. The van der Waals surface area contributed by atoms with Gasteiger partial charge >= 0.3 is 0 Å². The van der Waals surface area contributed by atoms with E-state index >= 15 is 0 Å². The topological polar surface area (TPSA) is 60.1 Å². The Hall–Kier alpha value is -2.23. The highest BCUT2D eigenvalue weighted by molar-refractivity contribution is 5.94. The summed E-state index contributed by atoms with van der Waals surface area (Å²) in [6.07, 6.45) is 1.73. The second-order valence-corrected chi connectivity index (χ2v) is 4.88. The summed E-state index contributed by atoms with van der Waals surface area (Å²) in [5, 5.41) is 2.97. The largest absolute Gasteiger partial charge is 0.397 e. The number of rotatable bonds is 3. The average molecular weight is 257 g/mol. The number of carbonyl (C=O) groups is 1. The van der Waals surface area contributed by atoms with Crippen LogP contribution < -0.4 is 11.1 Å². The van der Waals surface area contributed by atoms with Crippen LogP contribution in [0.1, 0.15) is 34.6 Å². The van der Waals surface area contributed by atoms with Crippen molar-refractivity contribution in [2.24, 2.45) is 7.05 Å². The zero-order valence-electron chi connectivity index (χ0n) is 11.5. The van der Waals surface area contributed by atoms with E-state index in [-0.39, 0.29) is 11.9 Å². The first-order chi connectivity index (χ1) is 8.97. The van der Waals surface area contributed by atoms with Crippen LogP contribution >= 0.6 is 0 Å². The van der Waals surface area contributed by atoms with Crippen molar-refractivity contribution in [1.29, 1.82) is 0 Å². The van der Waals surface area contributed by atoms with E-state index in [4.69, 9.17) is 5.73 Å². The van der Waals surface area contributed by atoms with Crippen LogP contribution in [0, 0.1) is 6.92 Å². The lowest BCUT2D eigenvalue weighted by molar-refractivity contribution is 0.0931. The predicted octanol–water partition coefficient (Wildman–Crippen LogP) is 2.41. The maximum Gasteiger partial charge on any atom is 0.268 e. The molecule has 0 radical (unpaired) electrons. The van der Waals surface area contributed by atoms with Crippen molar-refractivity contribution in [2.75, 3.05) is 5.73 Å². The molecule has 19 heavy (non-hydrogen) atoms. The zero-order valence-corrected chi connectivity index (χ0v) is 11.5. The van der Waals surface area contributed by atoms with Gasteiger partial charge in [0, 0.05) is 13.2 Å². The molecule has 3 N–H and O–H groups in total. The molecule has 0 aliphatic carbocycles. The van der Waals surface area contributed by atoms with Gasteiger partial charge in [-0.3, -0.25) is 4.79 Å². The third-order valence-corrected chi connectivity index (χ3v) is 3.18. The Kier molecular flexibility index (Phi) is 3.60. The van der Waals surface area contributed by atoms with Gasteiger partial charge in [-0.2, -0.15) is 0 Å². The Morgan fingerprint density at radius 3 is 2.47 bits per heavy atom. The summed E-state index contributed by atoms with van der Waals surface area (Å²) >= 11 is 0. The third-order valence-electron chi connectivity index (χ3n) is 3.18. The number of nitrogens with one attached hydrogen (secondary N) is 1. The van der Waals surface area contributed by atoms with Crippen molar-refractivity contribution in [2.45, 2.75) is 19.9 Å². The lowest BCUT2D eigenvalue weighted by atomic mass is 10.1. The summed E-state index contributed by atoms with van der Waals surface area (Å²) in [6.45, 7) is 4.01. The molecule has 1 heterocycles. The normalized spacial score (nSPS) is 12.2. The first kappa shape index (κ1) is 13.2. The lowest BCUT2D eigenvalue weighted by Gasteiger charge is -2.14. The van der Waals surface area contributed by atoms with Crippen molar-refractivity contribution in [3.05, 3.63) is 53.3 Å². The zero-order chi connectivity index (χ0) is 14.0. The van der Waals surface area contributed by atoms with Gasteiger partial charge < -0.3 is 15.6 Å². The standard InChI is InChI=1S/C15H19N3O/c1-10-4-6-12(7-5-10)11(2)17-15(19)14-8-13(16)9-18(14)3/h4-9,11H,16H2,1-3H3,(H,17,19). The Labute approximate surface area is 113 Å². The summed E-state index contributed by atoms with van der Waals surface area (Å²) < 4.78 is 1.73. The molecule has 4 heteroatoms. The SMILES string of the molecule is Cc1ccc(C(C)NC(=O)c2cc(N)cn2C)cc1. The van der Waals surface area contributed by atoms with E-state index in [0.717, 1.165) is 5.56 Å². The molecular formula is C15H19N3O. The number of aromatic nitrogens is 1. The molecule has 0 saturated heterocycles. The molecule has 4 nitrogen and oxygen atoms in total. The van der Waals surface area contributed by atoms with E-state index in [9.17, 15) is 4.79 Å². The highest BCUT2D eigenvalue weighted by Gasteiger charge is 2.14. The minimum atomic E-state index is -0.118. The second-order valence-electron chi connectivity index (χ2n) is 4.88. The molecule has 0 spiro atoms. The fourth-order valence-electron chi connectivity index (χ4n) is 2.02. The molecule has 0 fully saturated rings. The fraction of sp³-hybridized carbons (Fsp3) is 0.267. The van der Waals surface area contributed by atoms with Crippen LogP contribution in [0.5, 0.6) is 0 Å². The van der Waals surface area contributed by atoms with Gasteiger partial charge in [-0.25, -0.2) is 0 Å². The quantitative estimate of drug-likeness (QED) is 0.887. The van der Waals surface area contributed by atoms with Gasteiger partial charge in [0.05, 0.1) is 11.7 Å². The summed E-state index contributed by atoms with van der Waals surface area (Å²) in [5.74, 6) is -0.118. The van der Waals surface area contributed by atoms with E-state index in [1.54, 1.807) is 16.8 Å². The van der Waals surface area contributed by atoms with Crippen molar-refractivity contribution >= 4 is 11.6 Å². The first-order valence-corrected chi connectivity index (χ1v) is 6.26. The molecule has 0 aliphatic heterocycles. The summed E-state index contributed by atoms with van der Waals surface area (Å²) in [6, 6.07) is 9.78. The molecule has 2 aromatic rings. The van der Waals surface area contributed by atoms with Crippen LogP contribution in [-0.2, 0) is 7.05 Å². The maximum absolute atomic E-state index is 12.1. The van der Waals surface area contributed by atoms with Crippen molar-refractivity contribution in [3.63, 3.8) is 0 Å². The Morgan fingerprint density at radius 1 is 1.32 bits per heavy atom. The lowest BCUT2D eigenvalue weighted by Crippen LogP contribution is -2.28. The molecule has 1 unspecified atom stereocenters. The van der Waals surface area contributed by atoms with Crippen LogP contribution in [-0.4, -0.2) is 10.5 Å². The third kappa shape index (κ3) is 2.96. The molecule has 1 aromatic heterocycles. The minimum Gasteiger partial charge on any atom is -0.397 e. The second kappa shape index (κ2) is 5.18. The van der Waals surface area contributed by atoms with Gasteiger partial charge in [0.2, 0.25) is 0 Å². The number of anilines is 1. The van der Waals surface area contributed by atoms with Crippen LogP contribution in [0.4, 0.5) is 5.69 Å². The van der Waals surface area contributed by atoms with Gasteiger partial charge in [-0.1, -0.05) is 29.8 Å². The van der Waals surface area contributed by atoms with E-state index in [2.05, 4.69) is 5.32 Å². The number of benzene rings is 1. The van der Waals surface area contributed by atoms with Gasteiger partial charge in [0.15, 0.2) is 0 Å². The number of hydrogen-bond acceptors (Lipinski definition) is 2. The highest BCUT2D eigenvalue weighted by atomic mass is 16.2. The van der Waals surface area contributed by atoms with Crippen LogP contribution in [0.25, 0.3) is 0 Å². The van der Waals surface area contributed by atoms with Crippen molar-refractivity contribution in [3.8, 4) is 0 Å². The number of nitrogen functional groups attached to an aromatic ring is 1. The Morgan fingerprint density at radius 2 is 1.95 bits per heavy atom. The van der Waals surface area contributed by atoms with Crippen molar-refractivity contribution < 1.29 is 4.79 Å². The van der Waals surface area contributed by atoms with Crippen LogP contribution in [0.3, 0.4) is 0 Å². The molecule has 1 atom stereocenters. The van der Waals surface area contributed by atoms with Crippen molar-refractivity contribution in [1.82, 2.24) is 9.88 Å². The number of aryl methyl sites for hydroxylation is 2. The molecule has 1 amide bonds. The van der Waals surface area contributed by atoms with E-state index < -0.39 is 0 Å². The first-order valence-electron chi connectivity index (χ1n) is 6.26. The molecule has 0 bridgehead atoms. The molecular weight excluding hydrogens is 238 g/mol. The fourth-order valence-corrected chi connectivity index (χ4v) is 2.02. The minimum absolute atomic E-state index is 0.0378. The summed E-state index contributed by atoms with van der Waals surface area (Å²) in [7, 11) is 1.81. The molecule has 2 rings (SSSR count). The number of nitrogens with two attached hydrogens (primary N) is 1. The average Bonchev–Trinajstić information content (AvgIpc) is 2.69. The number of nitrogens with zero attached hydrogens (tertiary/aromatic N) is 1.